The number of hydrazine groups is 1. The summed E-state index contributed by atoms with van der Waals surface area (Å²) in [6.45, 7) is -0.188. The first-order chi connectivity index (χ1) is 8.19. The molecule has 0 bridgehead atoms. The Morgan fingerprint density at radius 3 is 3.18 bits per heavy atom. The average molecular weight is 237 g/mol. The lowest BCUT2D eigenvalue weighted by molar-refractivity contribution is -0.123. The van der Waals surface area contributed by atoms with E-state index in [1.807, 2.05) is 5.43 Å². The summed E-state index contributed by atoms with van der Waals surface area (Å²) in [5, 5.41) is 2.63. The molecule has 0 atom stereocenters. The number of rotatable bonds is 3. The molecule has 2 rings (SSSR count). The molecule has 0 aliphatic carbocycles. The SMILES string of the molecule is NNC(=O)COc1ccc2c(c1)NC(=O)CO2. The third kappa shape index (κ3) is 2.64. The van der Waals surface area contributed by atoms with Crippen LogP contribution in [0.1, 0.15) is 0 Å². The van der Waals surface area contributed by atoms with Gasteiger partial charge in [0.25, 0.3) is 11.8 Å². The van der Waals surface area contributed by atoms with Crippen LogP contribution in [0, 0.1) is 0 Å². The van der Waals surface area contributed by atoms with Crippen LogP contribution in [0.3, 0.4) is 0 Å². The second-order valence-corrected chi connectivity index (χ2v) is 3.35. The van der Waals surface area contributed by atoms with E-state index in [-0.39, 0.29) is 19.1 Å². The fourth-order valence-electron chi connectivity index (χ4n) is 1.34. The van der Waals surface area contributed by atoms with Crippen molar-refractivity contribution in [1.29, 1.82) is 0 Å². The smallest absolute Gasteiger partial charge is 0.271 e. The lowest BCUT2D eigenvalue weighted by Gasteiger charge is -2.18. The quantitative estimate of drug-likeness (QED) is 0.369. The van der Waals surface area contributed by atoms with Gasteiger partial charge in [0, 0.05) is 6.07 Å². The largest absolute Gasteiger partial charge is 0.484 e. The maximum atomic E-state index is 11.1. The van der Waals surface area contributed by atoms with Crippen LogP contribution in [-0.2, 0) is 9.59 Å². The number of hydrogen-bond donors (Lipinski definition) is 3. The minimum Gasteiger partial charge on any atom is -0.484 e. The maximum absolute atomic E-state index is 11.1. The molecular weight excluding hydrogens is 226 g/mol. The third-order valence-corrected chi connectivity index (χ3v) is 2.11. The van der Waals surface area contributed by atoms with Crippen LogP contribution in [0.4, 0.5) is 5.69 Å². The van der Waals surface area contributed by atoms with E-state index in [1.165, 1.54) is 0 Å². The second-order valence-electron chi connectivity index (χ2n) is 3.35. The van der Waals surface area contributed by atoms with Crippen LogP contribution in [-0.4, -0.2) is 25.0 Å². The molecule has 0 saturated heterocycles. The van der Waals surface area contributed by atoms with Gasteiger partial charge in [0.05, 0.1) is 5.69 Å². The molecule has 1 aliphatic heterocycles. The van der Waals surface area contributed by atoms with E-state index < -0.39 is 5.91 Å². The number of nitrogens with two attached hydrogens (primary N) is 1. The van der Waals surface area contributed by atoms with Crippen molar-refractivity contribution in [3.05, 3.63) is 18.2 Å². The van der Waals surface area contributed by atoms with Crippen molar-refractivity contribution >= 4 is 17.5 Å². The molecule has 0 radical (unpaired) electrons. The van der Waals surface area contributed by atoms with Crippen molar-refractivity contribution in [3.8, 4) is 11.5 Å². The van der Waals surface area contributed by atoms with Gasteiger partial charge in [0.15, 0.2) is 13.2 Å². The van der Waals surface area contributed by atoms with Gasteiger partial charge in [-0.1, -0.05) is 0 Å². The monoisotopic (exact) mass is 237 g/mol. The van der Waals surface area contributed by atoms with Crippen molar-refractivity contribution in [2.24, 2.45) is 5.84 Å². The van der Waals surface area contributed by atoms with Gasteiger partial charge in [-0.15, -0.1) is 0 Å². The Labute approximate surface area is 96.8 Å². The van der Waals surface area contributed by atoms with Crippen LogP contribution >= 0.6 is 0 Å². The van der Waals surface area contributed by atoms with E-state index in [4.69, 9.17) is 15.3 Å². The molecule has 1 aromatic carbocycles. The summed E-state index contributed by atoms with van der Waals surface area (Å²) in [7, 11) is 0. The number of amides is 2. The zero-order valence-electron chi connectivity index (χ0n) is 8.86. The molecule has 7 heteroatoms. The predicted octanol–water partition coefficient (Wildman–Crippen LogP) is -0.614. The van der Waals surface area contributed by atoms with Gasteiger partial charge in [-0.3, -0.25) is 15.0 Å². The molecule has 0 saturated carbocycles. The number of carbonyl (C=O) groups is 2. The highest BCUT2D eigenvalue weighted by Gasteiger charge is 2.16. The highest BCUT2D eigenvalue weighted by molar-refractivity contribution is 5.95. The number of hydrogen-bond acceptors (Lipinski definition) is 5. The standard InChI is InChI=1S/C10H11N3O4/c11-13-10(15)5-16-6-1-2-8-7(3-6)12-9(14)4-17-8/h1-3H,4-5,11H2,(H,12,14)(H,13,15). The number of nitrogens with one attached hydrogen (secondary N) is 2. The molecule has 17 heavy (non-hydrogen) atoms. The summed E-state index contributed by atoms with van der Waals surface area (Å²) in [4.78, 5) is 22.0. The molecule has 0 fully saturated rings. The van der Waals surface area contributed by atoms with Gasteiger partial charge in [-0.2, -0.15) is 0 Å². The number of anilines is 1. The van der Waals surface area contributed by atoms with Gasteiger partial charge in [-0.05, 0) is 12.1 Å². The zero-order valence-corrected chi connectivity index (χ0v) is 8.86. The number of fused-ring (bicyclic) bond motifs is 1. The van der Waals surface area contributed by atoms with Gasteiger partial charge in [0.2, 0.25) is 0 Å². The van der Waals surface area contributed by atoms with Crippen molar-refractivity contribution < 1.29 is 19.1 Å². The topological polar surface area (TPSA) is 103 Å². The Hall–Kier alpha value is -2.28. The first-order valence-electron chi connectivity index (χ1n) is 4.88. The molecule has 0 spiro atoms. The normalized spacial score (nSPS) is 13.1. The van der Waals surface area contributed by atoms with Crippen LogP contribution in [0.15, 0.2) is 18.2 Å². The van der Waals surface area contributed by atoms with Crippen LogP contribution in [0.5, 0.6) is 11.5 Å². The third-order valence-electron chi connectivity index (χ3n) is 2.11. The Balaban J connectivity index is 2.07. The molecule has 1 aliphatic rings. The van der Waals surface area contributed by atoms with E-state index in [0.717, 1.165) is 0 Å². The first kappa shape index (κ1) is 11.2. The van der Waals surface area contributed by atoms with Crippen LogP contribution in [0.2, 0.25) is 0 Å². The molecule has 2 amide bonds. The van der Waals surface area contributed by atoms with E-state index in [0.29, 0.717) is 17.2 Å². The average Bonchev–Trinajstić information content (AvgIpc) is 2.35. The maximum Gasteiger partial charge on any atom is 0.271 e. The highest BCUT2D eigenvalue weighted by atomic mass is 16.5. The molecular formula is C10H11N3O4. The molecule has 7 nitrogen and oxygen atoms in total. The number of ether oxygens (including phenoxy) is 2. The molecule has 1 heterocycles. The van der Waals surface area contributed by atoms with Crippen molar-refractivity contribution in [3.63, 3.8) is 0 Å². The summed E-state index contributed by atoms with van der Waals surface area (Å²) in [6, 6.07) is 4.88. The van der Waals surface area contributed by atoms with Crippen LogP contribution in [0.25, 0.3) is 0 Å². The zero-order chi connectivity index (χ0) is 12.3. The predicted molar refractivity (Wildman–Crippen MR) is 58.4 cm³/mol. The summed E-state index contributed by atoms with van der Waals surface area (Å²) >= 11 is 0. The summed E-state index contributed by atoms with van der Waals surface area (Å²) in [6.07, 6.45) is 0. The van der Waals surface area contributed by atoms with E-state index in [9.17, 15) is 9.59 Å². The Bertz CT molecular complexity index is 461. The Kier molecular flexibility index (Phi) is 3.10. The summed E-state index contributed by atoms with van der Waals surface area (Å²) in [5.74, 6) is 5.25. The number of carbonyl (C=O) groups excluding carboxylic acids is 2. The van der Waals surface area contributed by atoms with E-state index in [1.54, 1.807) is 18.2 Å². The molecule has 4 N–H and O–H groups in total. The lowest BCUT2D eigenvalue weighted by Crippen LogP contribution is -2.34. The Morgan fingerprint density at radius 1 is 1.59 bits per heavy atom. The summed E-state index contributed by atoms with van der Waals surface area (Å²) < 4.78 is 10.3. The second kappa shape index (κ2) is 4.71. The minimum absolute atomic E-state index is 0.00276. The van der Waals surface area contributed by atoms with Crippen molar-refractivity contribution in [2.45, 2.75) is 0 Å². The van der Waals surface area contributed by atoms with Gasteiger partial charge in [0.1, 0.15) is 11.5 Å². The van der Waals surface area contributed by atoms with E-state index >= 15 is 0 Å². The minimum atomic E-state index is -0.442. The molecule has 1 aromatic rings. The fraction of sp³-hybridized carbons (Fsp3) is 0.200. The van der Waals surface area contributed by atoms with Crippen molar-refractivity contribution in [2.75, 3.05) is 18.5 Å². The fourth-order valence-corrected chi connectivity index (χ4v) is 1.34. The number of benzene rings is 1. The van der Waals surface area contributed by atoms with Crippen LogP contribution < -0.4 is 26.1 Å². The summed E-state index contributed by atoms with van der Waals surface area (Å²) in [5.41, 5.74) is 2.47. The first-order valence-corrected chi connectivity index (χ1v) is 4.88. The van der Waals surface area contributed by atoms with Gasteiger partial charge in [-0.25, -0.2) is 5.84 Å². The Morgan fingerprint density at radius 2 is 2.41 bits per heavy atom. The van der Waals surface area contributed by atoms with Gasteiger partial charge < -0.3 is 14.8 Å². The molecule has 0 aromatic heterocycles. The molecule has 90 valence electrons. The van der Waals surface area contributed by atoms with E-state index in [2.05, 4.69) is 5.32 Å². The van der Waals surface area contributed by atoms with Crippen molar-refractivity contribution in [1.82, 2.24) is 5.43 Å². The molecule has 0 unspecified atom stereocenters. The lowest BCUT2D eigenvalue weighted by atomic mass is 10.2. The van der Waals surface area contributed by atoms with Gasteiger partial charge >= 0.3 is 0 Å². The highest BCUT2D eigenvalue weighted by Crippen LogP contribution is 2.31.